The van der Waals surface area contributed by atoms with Crippen molar-refractivity contribution in [3.05, 3.63) is 66.6 Å². The van der Waals surface area contributed by atoms with Crippen molar-refractivity contribution in [3.63, 3.8) is 0 Å². The maximum absolute atomic E-state index is 14.7. The Labute approximate surface area is 374 Å². The van der Waals surface area contributed by atoms with Gasteiger partial charge < -0.3 is 0 Å². The number of nitrogens with zero attached hydrogens (tertiary/aromatic N) is 2. The van der Waals surface area contributed by atoms with Crippen LogP contribution in [0.3, 0.4) is 0 Å². The number of unbranched alkanes of at least 4 members (excludes halogenated alkanes) is 12. The number of imide groups is 2. The smallest absolute Gasteiger partial charge is 0.261 e. The van der Waals surface area contributed by atoms with E-state index < -0.39 is 0 Å². The van der Waals surface area contributed by atoms with Crippen LogP contribution < -0.4 is 0 Å². The molecule has 4 amide bonds. The number of halogens is 4. The first-order valence-electron chi connectivity index (χ1n) is 22.8. The lowest BCUT2D eigenvalue weighted by Crippen LogP contribution is -2.47. The van der Waals surface area contributed by atoms with Gasteiger partial charge in [0, 0.05) is 75.3 Å². The molecular weight excluding hydrogens is 834 g/mol. The van der Waals surface area contributed by atoms with Crippen molar-refractivity contribution < 1.29 is 19.2 Å². The Kier molecular flexibility index (Phi) is 14.6. The Morgan fingerprint density at radius 2 is 0.583 bits per heavy atom. The highest BCUT2D eigenvalue weighted by molar-refractivity contribution is 6.56. The number of hydrogen-bond donors (Lipinski definition) is 0. The minimum absolute atomic E-state index is 0.255. The van der Waals surface area contributed by atoms with Crippen LogP contribution in [0.4, 0.5) is 0 Å². The van der Waals surface area contributed by atoms with Gasteiger partial charge in [-0.2, -0.15) is 0 Å². The molecule has 0 unspecified atom stereocenters. The molecule has 0 saturated carbocycles. The Bertz CT molecular complexity index is 2140. The van der Waals surface area contributed by atoms with Gasteiger partial charge in [0.05, 0.1) is 22.3 Å². The van der Waals surface area contributed by atoms with Crippen LogP contribution in [0.25, 0.3) is 43.1 Å². The Morgan fingerprint density at radius 3 is 0.800 bits per heavy atom. The lowest BCUT2D eigenvalue weighted by Gasteiger charge is -2.36. The SMILES string of the molecule is CCCCCCC(CCCCCC)N1C(=O)c2cc(Cl)c3c4c(Cl)cc5c6c(cc(Cl)c(c7c(Cl)cc(c2c37)C1=O)c64)C(=O)N(C(CCCCCC)CCCCCC)C5=O. The van der Waals surface area contributed by atoms with E-state index >= 15 is 0 Å². The first kappa shape index (κ1) is 44.9. The number of hydrogen-bond acceptors (Lipinski definition) is 4. The van der Waals surface area contributed by atoms with Crippen molar-refractivity contribution in [2.24, 2.45) is 0 Å². The van der Waals surface area contributed by atoms with E-state index in [2.05, 4.69) is 27.7 Å². The van der Waals surface area contributed by atoms with Gasteiger partial charge in [0.15, 0.2) is 0 Å². The standard InChI is InChI=1S/C50H58Cl4N2O4/c1-5-9-13-17-21-29(22-18-14-10-6-2)55-47(57)31-25-35(51)41-43-37(53)27-33-40-34(50(60)56(49(33)59)30(23-19-15-11-7-3)24-20-16-12-8-4)28-38(54)44(46(40)43)42-36(52)26-32(48(55)58)39(31)45(41)42/h25-30H,5-24H2,1-4H3. The minimum atomic E-state index is -0.367. The van der Waals surface area contributed by atoms with E-state index in [1.54, 1.807) is 24.3 Å². The number of rotatable bonds is 22. The molecule has 2 aliphatic heterocycles. The minimum Gasteiger partial charge on any atom is -0.271 e. The Balaban J connectivity index is 1.40. The molecule has 5 aromatic carbocycles. The highest BCUT2D eigenvalue weighted by Crippen LogP contribution is 2.54. The first-order valence-corrected chi connectivity index (χ1v) is 24.3. The highest BCUT2D eigenvalue weighted by Gasteiger charge is 2.42. The summed E-state index contributed by atoms with van der Waals surface area (Å²) in [7, 11) is 0. The second-order valence-electron chi connectivity index (χ2n) is 17.3. The topological polar surface area (TPSA) is 74.8 Å². The fraction of sp³-hybridized carbons (Fsp3) is 0.520. The van der Waals surface area contributed by atoms with Crippen LogP contribution in [-0.4, -0.2) is 45.5 Å². The van der Waals surface area contributed by atoms with Crippen molar-refractivity contribution in [1.82, 2.24) is 9.80 Å². The fourth-order valence-corrected chi connectivity index (χ4v) is 11.4. The third kappa shape index (κ3) is 8.01. The zero-order valence-corrected chi connectivity index (χ0v) is 38.7. The van der Waals surface area contributed by atoms with E-state index in [9.17, 15) is 19.2 Å². The molecule has 60 heavy (non-hydrogen) atoms. The largest absolute Gasteiger partial charge is 0.271 e. The van der Waals surface area contributed by atoms with Crippen molar-refractivity contribution >= 4 is 113 Å². The molecule has 7 rings (SSSR count). The van der Waals surface area contributed by atoms with E-state index in [0.717, 1.165) is 128 Å². The zero-order valence-electron chi connectivity index (χ0n) is 35.6. The maximum atomic E-state index is 14.7. The average molecular weight is 893 g/mol. The van der Waals surface area contributed by atoms with Gasteiger partial charge in [-0.05, 0) is 49.9 Å². The van der Waals surface area contributed by atoms with Crippen molar-refractivity contribution in [2.75, 3.05) is 0 Å². The average Bonchev–Trinajstić information content (AvgIpc) is 3.22. The summed E-state index contributed by atoms with van der Waals surface area (Å²) in [4.78, 5) is 61.9. The normalized spacial score (nSPS) is 14.4. The van der Waals surface area contributed by atoms with E-state index in [-0.39, 0.29) is 55.8 Å². The lowest BCUT2D eigenvalue weighted by molar-refractivity contribution is 0.0501. The van der Waals surface area contributed by atoms with Crippen LogP contribution in [0.5, 0.6) is 0 Å². The van der Waals surface area contributed by atoms with E-state index in [1.807, 2.05) is 0 Å². The van der Waals surface area contributed by atoms with Gasteiger partial charge in [-0.15, -0.1) is 0 Å². The van der Waals surface area contributed by atoms with Gasteiger partial charge >= 0.3 is 0 Å². The number of carbonyl (C=O) groups is 4. The summed E-state index contributed by atoms with van der Waals surface area (Å²) in [5.41, 5.74) is 1.35. The van der Waals surface area contributed by atoms with E-state index in [0.29, 0.717) is 65.3 Å². The second-order valence-corrected chi connectivity index (χ2v) is 18.9. The summed E-state index contributed by atoms with van der Waals surface area (Å²) in [6.07, 6.45) is 19.6. The van der Waals surface area contributed by atoms with Gasteiger partial charge in [0.2, 0.25) is 0 Å². The van der Waals surface area contributed by atoms with Crippen LogP contribution in [0, 0.1) is 0 Å². The van der Waals surface area contributed by atoms with E-state index in [1.165, 1.54) is 9.80 Å². The first-order chi connectivity index (χ1) is 29.0. The number of benzene rings is 5. The van der Waals surface area contributed by atoms with Gasteiger partial charge in [0.1, 0.15) is 0 Å². The fourth-order valence-electron chi connectivity index (χ4n) is 10.2. The van der Waals surface area contributed by atoms with Gasteiger partial charge in [0.25, 0.3) is 23.6 Å². The molecule has 0 atom stereocenters. The van der Waals surface area contributed by atoms with E-state index in [4.69, 9.17) is 46.4 Å². The summed E-state index contributed by atoms with van der Waals surface area (Å²) in [5.74, 6) is -1.47. The molecule has 0 saturated heterocycles. The monoisotopic (exact) mass is 890 g/mol. The molecule has 10 heteroatoms. The number of carbonyl (C=O) groups excluding carboxylic acids is 4. The maximum Gasteiger partial charge on any atom is 0.261 e. The third-order valence-electron chi connectivity index (χ3n) is 13.2. The third-order valence-corrected chi connectivity index (χ3v) is 14.4. The predicted octanol–water partition coefficient (Wildman–Crippen LogP) is 16.2. The Morgan fingerprint density at radius 1 is 0.350 bits per heavy atom. The highest BCUT2D eigenvalue weighted by atomic mass is 35.5. The van der Waals surface area contributed by atoms with Gasteiger partial charge in [-0.1, -0.05) is 177 Å². The number of fused-ring (bicyclic) bond motifs is 2. The van der Waals surface area contributed by atoms with Crippen LogP contribution in [0.15, 0.2) is 24.3 Å². The van der Waals surface area contributed by atoms with Crippen LogP contribution in [0.1, 0.15) is 198 Å². The van der Waals surface area contributed by atoms with Crippen LogP contribution >= 0.6 is 46.4 Å². The summed E-state index contributed by atoms with van der Waals surface area (Å²) in [6, 6.07) is 6.12. The molecule has 0 bridgehead atoms. The van der Waals surface area contributed by atoms with Gasteiger partial charge in [-0.25, -0.2) is 0 Å². The van der Waals surface area contributed by atoms with Crippen LogP contribution in [-0.2, 0) is 0 Å². The lowest BCUT2D eigenvalue weighted by atomic mass is 9.81. The molecule has 0 fully saturated rings. The molecule has 0 aliphatic carbocycles. The molecule has 0 aromatic heterocycles. The second kappa shape index (κ2) is 19.5. The summed E-state index contributed by atoms with van der Waals surface area (Å²) in [6.45, 7) is 8.68. The molecule has 2 heterocycles. The van der Waals surface area contributed by atoms with Crippen molar-refractivity contribution in [2.45, 2.75) is 168 Å². The Hall–Kier alpha value is -3.16. The van der Waals surface area contributed by atoms with Gasteiger partial charge in [-0.3, -0.25) is 29.0 Å². The van der Waals surface area contributed by atoms with Crippen molar-refractivity contribution in [3.8, 4) is 0 Å². The molecule has 0 N–H and O–H groups in total. The molecule has 5 aromatic rings. The molecule has 0 spiro atoms. The summed E-state index contributed by atoms with van der Waals surface area (Å²) < 4.78 is 0. The molecule has 2 aliphatic rings. The quantitative estimate of drug-likeness (QED) is 0.0300. The molecular formula is C50H58Cl4N2O4. The number of amides is 4. The molecule has 6 nitrogen and oxygen atoms in total. The molecule has 0 radical (unpaired) electrons. The van der Waals surface area contributed by atoms with Crippen LogP contribution in [0.2, 0.25) is 20.1 Å². The summed E-state index contributed by atoms with van der Waals surface area (Å²) in [5, 5.41) is 5.04. The molecule has 320 valence electrons. The zero-order chi connectivity index (χ0) is 42.8. The summed E-state index contributed by atoms with van der Waals surface area (Å²) >= 11 is 29.2. The van der Waals surface area contributed by atoms with Crippen molar-refractivity contribution in [1.29, 1.82) is 0 Å². The predicted molar refractivity (Wildman–Crippen MR) is 251 cm³/mol.